The summed E-state index contributed by atoms with van der Waals surface area (Å²) >= 11 is 9.69. The van der Waals surface area contributed by atoms with Crippen molar-refractivity contribution in [3.63, 3.8) is 0 Å². The summed E-state index contributed by atoms with van der Waals surface area (Å²) in [4.78, 5) is 3.24. The molecule has 0 aliphatic carbocycles. The standard InChI is InChI=1S/C6H4ClN3S/c7-4-1-2-6(11)5(3-4)9-10-8/h1-3,11H. The second kappa shape index (κ2) is 3.53. The van der Waals surface area contributed by atoms with Gasteiger partial charge in [0.1, 0.15) is 0 Å². The van der Waals surface area contributed by atoms with Crippen LogP contribution in [0.25, 0.3) is 10.4 Å². The maximum atomic E-state index is 8.12. The van der Waals surface area contributed by atoms with E-state index in [1.807, 2.05) is 0 Å². The van der Waals surface area contributed by atoms with Crippen LogP contribution in [0.3, 0.4) is 0 Å². The average molecular weight is 186 g/mol. The van der Waals surface area contributed by atoms with Crippen LogP contribution in [-0.4, -0.2) is 0 Å². The molecule has 0 N–H and O–H groups in total. The van der Waals surface area contributed by atoms with E-state index in [0.717, 1.165) is 0 Å². The van der Waals surface area contributed by atoms with Crippen molar-refractivity contribution in [2.75, 3.05) is 0 Å². The van der Waals surface area contributed by atoms with Crippen LogP contribution >= 0.6 is 24.2 Å². The van der Waals surface area contributed by atoms with Gasteiger partial charge in [0.25, 0.3) is 0 Å². The minimum absolute atomic E-state index is 0.448. The molecule has 1 rings (SSSR count). The first-order valence-corrected chi connectivity index (χ1v) is 3.60. The minimum atomic E-state index is 0.448. The molecule has 5 heteroatoms. The van der Waals surface area contributed by atoms with Gasteiger partial charge in [0.15, 0.2) is 0 Å². The summed E-state index contributed by atoms with van der Waals surface area (Å²) < 4.78 is 0. The van der Waals surface area contributed by atoms with Crippen LogP contribution in [0.1, 0.15) is 0 Å². The number of hydrogen-bond acceptors (Lipinski definition) is 2. The fraction of sp³-hybridized carbons (Fsp3) is 0. The molecule has 1 aromatic carbocycles. The molecule has 0 saturated heterocycles. The number of halogens is 1. The Hall–Kier alpha value is -0.830. The highest BCUT2D eigenvalue weighted by atomic mass is 35.5. The van der Waals surface area contributed by atoms with Gasteiger partial charge in [-0.1, -0.05) is 16.7 Å². The quantitative estimate of drug-likeness (QED) is 0.301. The predicted octanol–water partition coefficient (Wildman–Crippen LogP) is 3.57. The van der Waals surface area contributed by atoms with E-state index in [0.29, 0.717) is 15.6 Å². The Morgan fingerprint density at radius 3 is 2.91 bits per heavy atom. The Morgan fingerprint density at radius 2 is 2.27 bits per heavy atom. The van der Waals surface area contributed by atoms with E-state index in [2.05, 4.69) is 22.7 Å². The summed E-state index contributed by atoms with van der Waals surface area (Å²) in [6.45, 7) is 0. The molecule has 0 spiro atoms. The summed E-state index contributed by atoms with van der Waals surface area (Å²) in [6, 6.07) is 4.92. The molecule has 0 aromatic heterocycles. The maximum Gasteiger partial charge on any atom is 0.0523 e. The van der Waals surface area contributed by atoms with Crippen LogP contribution in [0, 0.1) is 0 Å². The Kier molecular flexibility index (Phi) is 2.65. The number of thiol groups is 1. The third-order valence-corrected chi connectivity index (χ3v) is 1.70. The monoisotopic (exact) mass is 185 g/mol. The van der Waals surface area contributed by atoms with Gasteiger partial charge in [-0.15, -0.1) is 12.6 Å². The molecule has 0 atom stereocenters. The van der Waals surface area contributed by atoms with Gasteiger partial charge in [0.2, 0.25) is 0 Å². The number of azide groups is 1. The topological polar surface area (TPSA) is 48.8 Å². The molecular weight excluding hydrogens is 182 g/mol. The molecular formula is C6H4ClN3S. The fourth-order valence-electron chi connectivity index (χ4n) is 0.625. The van der Waals surface area contributed by atoms with E-state index in [1.54, 1.807) is 18.2 Å². The molecule has 1 aromatic rings. The summed E-state index contributed by atoms with van der Waals surface area (Å²) in [5.74, 6) is 0. The summed E-state index contributed by atoms with van der Waals surface area (Å²) in [5, 5.41) is 3.92. The van der Waals surface area contributed by atoms with Crippen molar-refractivity contribution in [3.8, 4) is 0 Å². The minimum Gasteiger partial charge on any atom is -0.143 e. The Balaban J connectivity index is 3.22. The zero-order valence-corrected chi connectivity index (χ0v) is 7.05. The lowest BCUT2D eigenvalue weighted by Gasteiger charge is -1.96. The van der Waals surface area contributed by atoms with Gasteiger partial charge >= 0.3 is 0 Å². The lowest BCUT2D eigenvalue weighted by atomic mass is 10.3. The van der Waals surface area contributed by atoms with Crippen molar-refractivity contribution < 1.29 is 0 Å². The largest absolute Gasteiger partial charge is 0.143 e. The van der Waals surface area contributed by atoms with Crippen molar-refractivity contribution in [3.05, 3.63) is 33.7 Å². The van der Waals surface area contributed by atoms with Crippen molar-refractivity contribution in [1.82, 2.24) is 0 Å². The first kappa shape index (κ1) is 8.27. The van der Waals surface area contributed by atoms with E-state index in [4.69, 9.17) is 17.1 Å². The molecule has 3 nitrogen and oxygen atoms in total. The van der Waals surface area contributed by atoms with Gasteiger partial charge in [0, 0.05) is 14.8 Å². The fourth-order valence-corrected chi connectivity index (χ4v) is 0.975. The first-order valence-electron chi connectivity index (χ1n) is 2.77. The van der Waals surface area contributed by atoms with E-state index in [1.165, 1.54) is 0 Å². The first-order chi connectivity index (χ1) is 5.24. The Bertz CT molecular complexity index is 320. The van der Waals surface area contributed by atoms with E-state index in [9.17, 15) is 0 Å². The summed E-state index contributed by atoms with van der Waals surface area (Å²) in [5.41, 5.74) is 8.56. The van der Waals surface area contributed by atoms with Crippen molar-refractivity contribution in [2.45, 2.75) is 4.90 Å². The molecule has 0 fully saturated rings. The number of benzene rings is 1. The molecule has 0 unspecified atom stereocenters. The lowest BCUT2D eigenvalue weighted by molar-refractivity contribution is 1.36. The van der Waals surface area contributed by atoms with E-state index < -0.39 is 0 Å². The molecule has 56 valence electrons. The van der Waals surface area contributed by atoms with Crippen molar-refractivity contribution in [1.29, 1.82) is 0 Å². The van der Waals surface area contributed by atoms with Crippen LogP contribution in [0.4, 0.5) is 5.69 Å². The highest BCUT2D eigenvalue weighted by molar-refractivity contribution is 7.80. The second-order valence-electron chi connectivity index (χ2n) is 1.82. The van der Waals surface area contributed by atoms with Gasteiger partial charge in [-0.05, 0) is 23.7 Å². The van der Waals surface area contributed by atoms with Crippen LogP contribution in [-0.2, 0) is 0 Å². The van der Waals surface area contributed by atoms with E-state index in [-0.39, 0.29) is 0 Å². The molecule has 0 aliphatic rings. The second-order valence-corrected chi connectivity index (χ2v) is 2.74. The van der Waals surface area contributed by atoms with Crippen molar-refractivity contribution >= 4 is 29.9 Å². The SMILES string of the molecule is [N-]=[N+]=Nc1cc(Cl)ccc1S. The predicted molar refractivity (Wildman–Crippen MR) is 47.5 cm³/mol. The highest BCUT2D eigenvalue weighted by Gasteiger charge is 1.95. The Labute approximate surface area is 74.0 Å². The molecule has 0 saturated carbocycles. The molecule has 0 heterocycles. The van der Waals surface area contributed by atoms with E-state index >= 15 is 0 Å². The smallest absolute Gasteiger partial charge is 0.0523 e. The average Bonchev–Trinajstić information content (AvgIpc) is 1.98. The van der Waals surface area contributed by atoms with Gasteiger partial charge in [0.05, 0.1) is 5.69 Å². The number of rotatable bonds is 1. The highest BCUT2D eigenvalue weighted by Crippen LogP contribution is 2.26. The van der Waals surface area contributed by atoms with Crippen LogP contribution in [0.15, 0.2) is 28.2 Å². The molecule has 0 bridgehead atoms. The van der Waals surface area contributed by atoms with Gasteiger partial charge < -0.3 is 0 Å². The van der Waals surface area contributed by atoms with Gasteiger partial charge in [-0.2, -0.15) is 0 Å². The third kappa shape index (κ3) is 2.05. The van der Waals surface area contributed by atoms with Gasteiger partial charge in [-0.3, -0.25) is 0 Å². The zero-order valence-electron chi connectivity index (χ0n) is 5.40. The lowest BCUT2D eigenvalue weighted by Crippen LogP contribution is -1.67. The maximum absolute atomic E-state index is 8.12. The normalized spacial score (nSPS) is 8.91. The van der Waals surface area contributed by atoms with Crippen LogP contribution in [0.2, 0.25) is 5.02 Å². The van der Waals surface area contributed by atoms with Gasteiger partial charge in [-0.25, -0.2) is 0 Å². The van der Waals surface area contributed by atoms with Crippen molar-refractivity contribution in [2.24, 2.45) is 5.11 Å². The third-order valence-electron chi connectivity index (χ3n) is 1.09. The number of nitrogens with zero attached hydrogens (tertiary/aromatic N) is 3. The van der Waals surface area contributed by atoms with Crippen LogP contribution in [0.5, 0.6) is 0 Å². The molecule has 0 amide bonds. The molecule has 0 radical (unpaired) electrons. The summed E-state index contributed by atoms with van der Waals surface area (Å²) in [7, 11) is 0. The molecule has 11 heavy (non-hydrogen) atoms. The van der Waals surface area contributed by atoms with Crippen LogP contribution < -0.4 is 0 Å². The number of hydrogen-bond donors (Lipinski definition) is 1. The molecule has 0 aliphatic heterocycles. The summed E-state index contributed by atoms with van der Waals surface area (Å²) in [6.07, 6.45) is 0. The Morgan fingerprint density at radius 1 is 1.55 bits per heavy atom. The zero-order chi connectivity index (χ0) is 8.27.